The van der Waals surface area contributed by atoms with Gasteiger partial charge in [-0.05, 0) is 51.8 Å². The van der Waals surface area contributed by atoms with E-state index in [4.69, 9.17) is 4.74 Å². The standard InChI is InChI=1S/C24H35N5O2/c1-4-31-24(30)29-12-10-28(11-13-29)21-6-5-9-27(17-21)16-20-15-25-26-23(20)22-14-18(2)7-8-19(22)3/h7-8,14-15,21H,4-6,9-13,16-17H2,1-3H3,(H,25,26). The Morgan fingerprint density at radius 3 is 2.77 bits per heavy atom. The number of carbonyl (C=O) groups is 1. The largest absolute Gasteiger partial charge is 0.450 e. The lowest BCUT2D eigenvalue weighted by Crippen LogP contribution is -2.55. The molecular weight excluding hydrogens is 390 g/mol. The van der Waals surface area contributed by atoms with Gasteiger partial charge in [-0.1, -0.05) is 17.7 Å². The van der Waals surface area contributed by atoms with Crippen LogP contribution < -0.4 is 0 Å². The van der Waals surface area contributed by atoms with Gasteiger partial charge in [-0.15, -0.1) is 0 Å². The normalized spacial score (nSPS) is 20.7. The van der Waals surface area contributed by atoms with E-state index in [1.54, 1.807) is 0 Å². The molecule has 1 unspecified atom stereocenters. The van der Waals surface area contributed by atoms with Crippen LogP contribution in [0.15, 0.2) is 24.4 Å². The van der Waals surface area contributed by atoms with Gasteiger partial charge >= 0.3 is 6.09 Å². The lowest BCUT2D eigenvalue weighted by molar-refractivity contribution is 0.0413. The number of carbonyl (C=O) groups excluding carboxylic acids is 1. The Kier molecular flexibility index (Phi) is 6.92. The smallest absolute Gasteiger partial charge is 0.409 e. The maximum atomic E-state index is 12.0. The summed E-state index contributed by atoms with van der Waals surface area (Å²) in [6.45, 7) is 13.1. The van der Waals surface area contributed by atoms with E-state index in [1.807, 2.05) is 18.0 Å². The molecule has 1 aromatic carbocycles. The van der Waals surface area contributed by atoms with Gasteiger partial charge in [0.1, 0.15) is 0 Å². The number of hydrogen-bond donors (Lipinski definition) is 1. The highest BCUT2D eigenvalue weighted by atomic mass is 16.6. The van der Waals surface area contributed by atoms with Crippen LogP contribution in [-0.2, 0) is 11.3 Å². The van der Waals surface area contributed by atoms with Crippen molar-refractivity contribution < 1.29 is 9.53 Å². The van der Waals surface area contributed by atoms with Crippen LogP contribution in [0.3, 0.4) is 0 Å². The van der Waals surface area contributed by atoms with Gasteiger partial charge in [0, 0.05) is 56.4 Å². The van der Waals surface area contributed by atoms with E-state index < -0.39 is 0 Å². The summed E-state index contributed by atoms with van der Waals surface area (Å²) >= 11 is 0. The molecule has 31 heavy (non-hydrogen) atoms. The average molecular weight is 426 g/mol. The summed E-state index contributed by atoms with van der Waals surface area (Å²) < 4.78 is 5.15. The second-order valence-electron chi connectivity index (χ2n) is 8.84. The number of H-pyrrole nitrogens is 1. The number of aryl methyl sites for hydroxylation is 2. The summed E-state index contributed by atoms with van der Waals surface area (Å²) in [7, 11) is 0. The zero-order valence-electron chi connectivity index (χ0n) is 19.1. The molecule has 3 heterocycles. The molecule has 0 saturated carbocycles. The Hall–Kier alpha value is -2.38. The number of amides is 1. The molecule has 7 heteroatoms. The number of nitrogens with one attached hydrogen (secondary N) is 1. The van der Waals surface area contributed by atoms with E-state index in [-0.39, 0.29) is 6.09 Å². The number of ether oxygens (including phenoxy) is 1. The summed E-state index contributed by atoms with van der Waals surface area (Å²) in [5.74, 6) is 0. The van der Waals surface area contributed by atoms with Gasteiger partial charge in [-0.3, -0.25) is 14.9 Å². The molecule has 1 amide bonds. The third-order valence-electron chi connectivity index (χ3n) is 6.61. The third kappa shape index (κ3) is 5.10. The lowest BCUT2D eigenvalue weighted by Gasteiger charge is -2.43. The van der Waals surface area contributed by atoms with Gasteiger partial charge in [0.05, 0.1) is 18.5 Å². The van der Waals surface area contributed by atoms with Crippen molar-refractivity contribution in [3.05, 3.63) is 41.1 Å². The number of aromatic nitrogens is 2. The molecule has 1 N–H and O–H groups in total. The molecule has 7 nitrogen and oxygen atoms in total. The fourth-order valence-electron chi connectivity index (χ4n) is 4.87. The third-order valence-corrected chi connectivity index (χ3v) is 6.61. The molecule has 168 valence electrons. The fraction of sp³-hybridized carbons (Fsp3) is 0.583. The first-order valence-electron chi connectivity index (χ1n) is 11.5. The molecule has 4 rings (SSSR count). The molecule has 0 bridgehead atoms. The van der Waals surface area contributed by atoms with Crippen LogP contribution in [0.25, 0.3) is 11.3 Å². The van der Waals surface area contributed by atoms with Crippen LogP contribution in [0, 0.1) is 13.8 Å². The summed E-state index contributed by atoms with van der Waals surface area (Å²) in [6, 6.07) is 7.14. The predicted molar refractivity (Wildman–Crippen MR) is 122 cm³/mol. The first-order valence-corrected chi connectivity index (χ1v) is 11.5. The minimum atomic E-state index is -0.175. The van der Waals surface area contributed by atoms with Crippen molar-refractivity contribution in [2.45, 2.75) is 46.2 Å². The van der Waals surface area contributed by atoms with Gasteiger partial charge in [-0.2, -0.15) is 5.10 Å². The van der Waals surface area contributed by atoms with Gasteiger partial charge in [0.25, 0.3) is 0 Å². The van der Waals surface area contributed by atoms with Crippen LogP contribution in [0.1, 0.15) is 36.5 Å². The van der Waals surface area contributed by atoms with Crippen LogP contribution in [-0.4, -0.2) is 82.9 Å². The summed E-state index contributed by atoms with van der Waals surface area (Å²) in [5.41, 5.74) is 6.19. The second kappa shape index (κ2) is 9.83. The molecule has 2 aliphatic rings. The molecular formula is C24H35N5O2. The van der Waals surface area contributed by atoms with Crippen molar-refractivity contribution >= 4 is 6.09 Å². The van der Waals surface area contributed by atoms with Crippen molar-refractivity contribution in [2.75, 3.05) is 45.9 Å². The van der Waals surface area contributed by atoms with Crippen LogP contribution in [0.2, 0.25) is 0 Å². The van der Waals surface area contributed by atoms with Crippen molar-refractivity contribution in [3.63, 3.8) is 0 Å². The molecule has 2 aromatic rings. The van der Waals surface area contributed by atoms with E-state index in [9.17, 15) is 4.79 Å². The monoisotopic (exact) mass is 425 g/mol. The molecule has 0 aliphatic carbocycles. The molecule has 1 atom stereocenters. The van der Waals surface area contributed by atoms with Gasteiger partial charge in [0.2, 0.25) is 0 Å². The molecule has 0 spiro atoms. The van der Waals surface area contributed by atoms with Crippen molar-refractivity contribution in [1.82, 2.24) is 24.9 Å². The Labute approximate surface area is 185 Å². The van der Waals surface area contributed by atoms with E-state index in [0.717, 1.165) is 51.5 Å². The summed E-state index contributed by atoms with van der Waals surface area (Å²) in [4.78, 5) is 18.9. The molecule has 1 aromatic heterocycles. The minimum absolute atomic E-state index is 0.175. The Balaban J connectivity index is 1.37. The van der Waals surface area contributed by atoms with Crippen molar-refractivity contribution in [1.29, 1.82) is 0 Å². The highest BCUT2D eigenvalue weighted by Crippen LogP contribution is 2.28. The van der Waals surface area contributed by atoms with E-state index in [0.29, 0.717) is 12.6 Å². The average Bonchev–Trinajstić information content (AvgIpc) is 3.23. The van der Waals surface area contributed by atoms with Crippen molar-refractivity contribution in [3.8, 4) is 11.3 Å². The van der Waals surface area contributed by atoms with Crippen LogP contribution >= 0.6 is 0 Å². The number of nitrogens with zero attached hydrogens (tertiary/aromatic N) is 4. The predicted octanol–water partition coefficient (Wildman–Crippen LogP) is 3.43. The van der Waals surface area contributed by atoms with Crippen LogP contribution in [0.4, 0.5) is 4.79 Å². The van der Waals surface area contributed by atoms with Crippen LogP contribution in [0.5, 0.6) is 0 Å². The number of piperidine rings is 1. The molecule has 2 saturated heterocycles. The molecule has 2 fully saturated rings. The topological polar surface area (TPSA) is 64.7 Å². The Morgan fingerprint density at radius 2 is 2.00 bits per heavy atom. The molecule has 0 radical (unpaired) electrons. The second-order valence-corrected chi connectivity index (χ2v) is 8.84. The maximum absolute atomic E-state index is 12.0. The Bertz CT molecular complexity index is 888. The minimum Gasteiger partial charge on any atom is -0.450 e. The number of piperazine rings is 1. The van der Waals surface area contributed by atoms with Gasteiger partial charge in [-0.25, -0.2) is 4.79 Å². The van der Waals surface area contributed by atoms with Gasteiger partial charge < -0.3 is 9.64 Å². The summed E-state index contributed by atoms with van der Waals surface area (Å²) in [6.07, 6.45) is 4.25. The maximum Gasteiger partial charge on any atom is 0.409 e. The number of hydrogen-bond acceptors (Lipinski definition) is 5. The molecule has 2 aliphatic heterocycles. The first kappa shape index (κ1) is 21.8. The first-order chi connectivity index (χ1) is 15.0. The fourth-order valence-corrected chi connectivity index (χ4v) is 4.87. The lowest BCUT2D eigenvalue weighted by atomic mass is 9.99. The highest BCUT2D eigenvalue weighted by molar-refractivity contribution is 5.68. The number of aromatic amines is 1. The van der Waals surface area contributed by atoms with E-state index in [2.05, 4.69) is 52.0 Å². The number of likely N-dealkylation sites (tertiary alicyclic amines) is 1. The quantitative estimate of drug-likeness (QED) is 0.795. The van der Waals surface area contributed by atoms with Gasteiger partial charge in [0.15, 0.2) is 0 Å². The zero-order chi connectivity index (χ0) is 21.8. The van der Waals surface area contributed by atoms with E-state index >= 15 is 0 Å². The number of rotatable bonds is 5. The SMILES string of the molecule is CCOC(=O)N1CCN(C2CCCN(Cc3cn[nH]c3-c3cc(C)ccc3C)C2)CC1. The van der Waals surface area contributed by atoms with Crippen molar-refractivity contribution in [2.24, 2.45) is 0 Å². The highest BCUT2D eigenvalue weighted by Gasteiger charge is 2.30. The zero-order valence-corrected chi connectivity index (χ0v) is 19.1. The Morgan fingerprint density at radius 1 is 1.19 bits per heavy atom. The summed E-state index contributed by atoms with van der Waals surface area (Å²) in [5, 5.41) is 7.62. The number of benzene rings is 1. The van der Waals surface area contributed by atoms with E-state index in [1.165, 1.54) is 35.1 Å².